The molecule has 0 radical (unpaired) electrons. The van der Waals surface area contributed by atoms with Crippen molar-refractivity contribution in [1.29, 1.82) is 0 Å². The van der Waals surface area contributed by atoms with Crippen LogP contribution in [-0.2, 0) is 0 Å². The first kappa shape index (κ1) is 17.9. The van der Waals surface area contributed by atoms with Crippen LogP contribution in [0.25, 0.3) is 0 Å². The van der Waals surface area contributed by atoms with E-state index in [-0.39, 0.29) is 0 Å². The zero-order valence-electron chi connectivity index (χ0n) is 13.3. The monoisotopic (exact) mass is 256 g/mol. The second kappa shape index (κ2) is 13.4. The van der Waals surface area contributed by atoms with Crippen molar-refractivity contribution in [2.24, 2.45) is 5.92 Å². The van der Waals surface area contributed by atoms with E-state index in [2.05, 4.69) is 37.9 Å². The zero-order chi connectivity index (χ0) is 13.6. The minimum absolute atomic E-state index is 0.822. The van der Waals surface area contributed by atoms with Crippen molar-refractivity contribution in [2.45, 2.75) is 66.2 Å². The van der Waals surface area contributed by atoms with E-state index in [0.717, 1.165) is 5.92 Å². The summed E-state index contributed by atoms with van der Waals surface area (Å²) in [6, 6.07) is 0. The van der Waals surface area contributed by atoms with Gasteiger partial charge in [0.2, 0.25) is 0 Å². The molecule has 2 heteroatoms. The molecule has 0 rings (SSSR count). The quantitative estimate of drug-likeness (QED) is 0.503. The summed E-state index contributed by atoms with van der Waals surface area (Å²) in [4.78, 5) is 2.65. The molecule has 0 aliphatic carbocycles. The number of hydrogen-bond donors (Lipinski definition) is 1. The lowest BCUT2D eigenvalue weighted by Gasteiger charge is -2.22. The molecule has 0 saturated heterocycles. The van der Waals surface area contributed by atoms with Gasteiger partial charge in [-0.1, -0.05) is 40.5 Å². The molecule has 0 fully saturated rings. The third-order valence-corrected chi connectivity index (χ3v) is 3.38. The topological polar surface area (TPSA) is 15.3 Å². The van der Waals surface area contributed by atoms with Gasteiger partial charge in [0.05, 0.1) is 0 Å². The maximum atomic E-state index is 3.56. The number of nitrogens with one attached hydrogen (secondary N) is 1. The van der Waals surface area contributed by atoms with E-state index < -0.39 is 0 Å². The molecule has 0 saturated carbocycles. The highest BCUT2D eigenvalue weighted by Crippen LogP contribution is 2.00. The molecule has 0 unspecified atom stereocenters. The van der Waals surface area contributed by atoms with Gasteiger partial charge in [-0.2, -0.15) is 0 Å². The van der Waals surface area contributed by atoms with E-state index in [4.69, 9.17) is 0 Å². The van der Waals surface area contributed by atoms with Crippen molar-refractivity contribution in [3.63, 3.8) is 0 Å². The highest BCUT2D eigenvalue weighted by Gasteiger charge is 2.03. The molecule has 0 aromatic carbocycles. The Hall–Kier alpha value is -0.0800. The molecule has 0 aliphatic heterocycles. The van der Waals surface area contributed by atoms with E-state index in [9.17, 15) is 0 Å². The summed E-state index contributed by atoms with van der Waals surface area (Å²) in [5.74, 6) is 0.822. The van der Waals surface area contributed by atoms with Crippen molar-refractivity contribution in [2.75, 3.05) is 32.7 Å². The van der Waals surface area contributed by atoms with Crippen LogP contribution < -0.4 is 5.32 Å². The van der Waals surface area contributed by atoms with E-state index in [0.29, 0.717) is 0 Å². The fourth-order valence-electron chi connectivity index (χ4n) is 2.04. The molecular weight excluding hydrogens is 220 g/mol. The summed E-state index contributed by atoms with van der Waals surface area (Å²) in [5.41, 5.74) is 0. The molecule has 0 spiro atoms. The average molecular weight is 256 g/mol. The van der Waals surface area contributed by atoms with Gasteiger partial charge in [0.1, 0.15) is 0 Å². The zero-order valence-corrected chi connectivity index (χ0v) is 13.3. The van der Waals surface area contributed by atoms with Gasteiger partial charge in [-0.15, -0.1) is 0 Å². The van der Waals surface area contributed by atoms with Gasteiger partial charge >= 0.3 is 0 Å². The molecule has 0 heterocycles. The summed E-state index contributed by atoms with van der Waals surface area (Å²) in [7, 11) is 0. The fraction of sp³-hybridized carbons (Fsp3) is 1.00. The lowest BCUT2D eigenvalue weighted by molar-refractivity contribution is 0.261. The first-order valence-corrected chi connectivity index (χ1v) is 8.13. The minimum Gasteiger partial charge on any atom is -0.317 e. The summed E-state index contributed by atoms with van der Waals surface area (Å²) in [6.45, 7) is 15.4. The maximum Gasteiger partial charge on any atom is -0.000664 e. The van der Waals surface area contributed by atoms with Crippen LogP contribution in [-0.4, -0.2) is 37.6 Å². The van der Waals surface area contributed by atoms with Gasteiger partial charge in [-0.05, 0) is 64.3 Å². The molecule has 0 aromatic heterocycles. The van der Waals surface area contributed by atoms with E-state index in [1.165, 1.54) is 71.2 Å². The predicted octanol–water partition coefficient (Wildman–Crippen LogP) is 3.91. The van der Waals surface area contributed by atoms with Crippen LogP contribution in [0, 0.1) is 5.92 Å². The highest BCUT2D eigenvalue weighted by molar-refractivity contribution is 4.60. The Kier molecular flexibility index (Phi) is 13.3. The van der Waals surface area contributed by atoms with Crippen molar-refractivity contribution in [1.82, 2.24) is 10.2 Å². The first-order chi connectivity index (χ1) is 8.70. The number of nitrogens with zero attached hydrogens (tertiary/aromatic N) is 1. The molecule has 2 nitrogen and oxygen atoms in total. The van der Waals surface area contributed by atoms with Gasteiger partial charge in [0, 0.05) is 0 Å². The van der Waals surface area contributed by atoms with Gasteiger partial charge < -0.3 is 10.2 Å². The molecule has 0 atom stereocenters. The van der Waals surface area contributed by atoms with Crippen molar-refractivity contribution >= 4 is 0 Å². The minimum atomic E-state index is 0.822. The maximum absolute atomic E-state index is 3.56. The Morgan fingerprint density at radius 3 is 1.89 bits per heavy atom. The second-order valence-corrected chi connectivity index (χ2v) is 5.83. The fourth-order valence-corrected chi connectivity index (χ4v) is 2.04. The van der Waals surface area contributed by atoms with Crippen LogP contribution in [0.15, 0.2) is 0 Å². The van der Waals surface area contributed by atoms with Crippen LogP contribution in [0.1, 0.15) is 66.2 Å². The molecule has 0 amide bonds. The smallest absolute Gasteiger partial charge is 0.000664 e. The van der Waals surface area contributed by atoms with Crippen LogP contribution in [0.4, 0.5) is 0 Å². The van der Waals surface area contributed by atoms with Gasteiger partial charge in [0.15, 0.2) is 0 Å². The molecule has 18 heavy (non-hydrogen) atoms. The number of rotatable bonds is 13. The van der Waals surface area contributed by atoms with Crippen LogP contribution >= 0.6 is 0 Å². The molecule has 0 bridgehead atoms. The van der Waals surface area contributed by atoms with Crippen molar-refractivity contribution in [3.05, 3.63) is 0 Å². The largest absolute Gasteiger partial charge is 0.317 e. The lowest BCUT2D eigenvalue weighted by Crippen LogP contribution is -2.29. The summed E-state index contributed by atoms with van der Waals surface area (Å²) >= 11 is 0. The van der Waals surface area contributed by atoms with Crippen molar-refractivity contribution < 1.29 is 0 Å². The lowest BCUT2D eigenvalue weighted by atomic mass is 10.1. The summed E-state index contributed by atoms with van der Waals surface area (Å²) in [5, 5.41) is 3.56. The normalized spacial score (nSPS) is 11.7. The summed E-state index contributed by atoms with van der Waals surface area (Å²) < 4.78 is 0. The molecule has 0 aromatic rings. The Morgan fingerprint density at radius 2 is 1.39 bits per heavy atom. The SMILES string of the molecule is CCCCN(CCCC)CCCNCCC(C)C. The predicted molar refractivity (Wildman–Crippen MR) is 83.2 cm³/mol. The molecule has 0 aliphatic rings. The Balaban J connectivity index is 3.49. The Bertz CT molecular complexity index is 149. The Morgan fingerprint density at radius 1 is 0.833 bits per heavy atom. The van der Waals surface area contributed by atoms with Gasteiger partial charge in [0.25, 0.3) is 0 Å². The molecule has 110 valence electrons. The van der Waals surface area contributed by atoms with Crippen LogP contribution in [0.3, 0.4) is 0 Å². The third-order valence-electron chi connectivity index (χ3n) is 3.38. The van der Waals surface area contributed by atoms with Crippen molar-refractivity contribution in [3.8, 4) is 0 Å². The van der Waals surface area contributed by atoms with Gasteiger partial charge in [-0.3, -0.25) is 0 Å². The van der Waals surface area contributed by atoms with Gasteiger partial charge in [-0.25, -0.2) is 0 Å². The standard InChI is InChI=1S/C16H36N2/c1-5-7-13-18(14-8-6-2)15-9-11-17-12-10-16(3)4/h16-17H,5-15H2,1-4H3. The third kappa shape index (κ3) is 12.4. The van der Waals surface area contributed by atoms with E-state index >= 15 is 0 Å². The molecular formula is C16H36N2. The Labute approximate surface area is 116 Å². The summed E-state index contributed by atoms with van der Waals surface area (Å²) in [6.07, 6.45) is 7.93. The average Bonchev–Trinajstić information content (AvgIpc) is 2.35. The molecule has 1 N–H and O–H groups in total. The number of hydrogen-bond acceptors (Lipinski definition) is 2. The second-order valence-electron chi connectivity index (χ2n) is 5.83. The first-order valence-electron chi connectivity index (χ1n) is 8.13. The van der Waals surface area contributed by atoms with Crippen LogP contribution in [0.2, 0.25) is 0 Å². The van der Waals surface area contributed by atoms with Crippen LogP contribution in [0.5, 0.6) is 0 Å². The highest BCUT2D eigenvalue weighted by atomic mass is 15.1. The van der Waals surface area contributed by atoms with E-state index in [1.807, 2.05) is 0 Å². The van der Waals surface area contributed by atoms with E-state index in [1.54, 1.807) is 0 Å². The number of unbranched alkanes of at least 4 members (excludes halogenated alkanes) is 2.